The topological polar surface area (TPSA) is 63.2 Å². The molecule has 0 N–H and O–H groups in total. The molecule has 0 atom stereocenters. The molecule has 0 amide bonds. The molecule has 1 aromatic carbocycles. The largest absolute Gasteiger partial charge is 0.244 e. The first kappa shape index (κ1) is 14.9. The van der Waals surface area contributed by atoms with E-state index in [0.717, 1.165) is 22.4 Å². The molecule has 114 valence electrons. The number of rotatable bonds is 3. The molecular formula is C16H17N3O2S. The summed E-state index contributed by atoms with van der Waals surface area (Å²) in [5.41, 5.74) is 3.83. The van der Waals surface area contributed by atoms with E-state index in [1.54, 1.807) is 12.3 Å². The molecule has 0 saturated carbocycles. The molecule has 2 aromatic rings. The van der Waals surface area contributed by atoms with Gasteiger partial charge in [-0.1, -0.05) is 29.8 Å². The minimum Gasteiger partial charge on any atom is -0.244 e. The minimum atomic E-state index is -3.44. The van der Waals surface area contributed by atoms with E-state index in [0.29, 0.717) is 19.5 Å². The summed E-state index contributed by atoms with van der Waals surface area (Å²) in [6.07, 6.45) is 5.44. The minimum absolute atomic E-state index is 0.330. The van der Waals surface area contributed by atoms with Crippen LogP contribution in [0.4, 0.5) is 0 Å². The number of aromatic nitrogens is 2. The van der Waals surface area contributed by atoms with E-state index in [4.69, 9.17) is 0 Å². The third-order valence-corrected chi connectivity index (χ3v) is 5.21. The van der Waals surface area contributed by atoms with Crippen LogP contribution < -0.4 is 0 Å². The summed E-state index contributed by atoms with van der Waals surface area (Å²) in [6.45, 7) is 2.78. The van der Waals surface area contributed by atoms with E-state index in [1.165, 1.54) is 16.0 Å². The van der Waals surface area contributed by atoms with Crippen LogP contribution in [0.2, 0.25) is 0 Å². The first-order valence-electron chi connectivity index (χ1n) is 7.07. The molecule has 1 aromatic heterocycles. The lowest BCUT2D eigenvalue weighted by Crippen LogP contribution is -2.35. The molecule has 0 unspecified atom stereocenters. The van der Waals surface area contributed by atoms with Crippen molar-refractivity contribution in [3.8, 4) is 0 Å². The standard InChI is InChI=1S/C16H17N3O2S/c1-13-2-4-14(5-3-13)7-9-22(20,21)19-8-6-16-15(11-19)10-17-12-18-16/h2-5,7,9-10,12H,6,8,11H2,1H3/b9-7+. The van der Waals surface area contributed by atoms with Crippen molar-refractivity contribution in [3.63, 3.8) is 0 Å². The summed E-state index contributed by atoms with van der Waals surface area (Å²) in [7, 11) is -3.44. The van der Waals surface area contributed by atoms with Gasteiger partial charge in [-0.2, -0.15) is 4.31 Å². The van der Waals surface area contributed by atoms with Gasteiger partial charge in [-0.3, -0.25) is 0 Å². The lowest BCUT2D eigenvalue weighted by molar-refractivity contribution is 0.392. The third kappa shape index (κ3) is 3.23. The Morgan fingerprint density at radius 3 is 2.77 bits per heavy atom. The quantitative estimate of drug-likeness (QED) is 0.870. The van der Waals surface area contributed by atoms with E-state index in [1.807, 2.05) is 31.2 Å². The Hall–Kier alpha value is -2.05. The molecule has 0 saturated heterocycles. The maximum atomic E-state index is 12.4. The van der Waals surface area contributed by atoms with E-state index >= 15 is 0 Å². The van der Waals surface area contributed by atoms with Crippen molar-refractivity contribution in [2.45, 2.75) is 19.9 Å². The Labute approximate surface area is 130 Å². The maximum absolute atomic E-state index is 12.4. The second kappa shape index (κ2) is 5.98. The van der Waals surface area contributed by atoms with Crippen molar-refractivity contribution in [3.05, 3.63) is 64.6 Å². The Bertz CT molecular complexity index is 798. The van der Waals surface area contributed by atoms with Gasteiger partial charge < -0.3 is 0 Å². The average Bonchev–Trinajstić information content (AvgIpc) is 2.54. The van der Waals surface area contributed by atoms with Crippen molar-refractivity contribution < 1.29 is 8.42 Å². The second-order valence-corrected chi connectivity index (χ2v) is 7.16. The Kier molecular flexibility index (Phi) is 4.04. The van der Waals surface area contributed by atoms with Gasteiger partial charge in [-0.15, -0.1) is 0 Å². The molecule has 0 radical (unpaired) electrons. The van der Waals surface area contributed by atoms with Crippen LogP contribution in [0.3, 0.4) is 0 Å². The van der Waals surface area contributed by atoms with Crippen molar-refractivity contribution in [1.82, 2.24) is 14.3 Å². The van der Waals surface area contributed by atoms with Crippen molar-refractivity contribution in [1.29, 1.82) is 0 Å². The fourth-order valence-corrected chi connectivity index (χ4v) is 3.55. The van der Waals surface area contributed by atoms with E-state index < -0.39 is 10.0 Å². The Morgan fingerprint density at radius 1 is 1.23 bits per heavy atom. The Balaban J connectivity index is 1.78. The predicted octanol–water partition coefficient (Wildman–Crippen LogP) is 2.14. The number of fused-ring (bicyclic) bond motifs is 1. The van der Waals surface area contributed by atoms with Crippen LogP contribution in [0, 0.1) is 6.92 Å². The molecule has 5 nitrogen and oxygen atoms in total. The zero-order valence-electron chi connectivity index (χ0n) is 12.3. The van der Waals surface area contributed by atoms with Gasteiger partial charge in [0.1, 0.15) is 6.33 Å². The van der Waals surface area contributed by atoms with Gasteiger partial charge in [0.05, 0.1) is 0 Å². The summed E-state index contributed by atoms with van der Waals surface area (Å²) in [5, 5.41) is 1.27. The first-order valence-corrected chi connectivity index (χ1v) is 8.57. The first-order chi connectivity index (χ1) is 10.5. The zero-order chi connectivity index (χ0) is 15.6. The summed E-state index contributed by atoms with van der Waals surface area (Å²) in [6, 6.07) is 7.73. The number of hydrogen-bond donors (Lipinski definition) is 0. The molecule has 1 aliphatic rings. The van der Waals surface area contributed by atoms with Crippen LogP contribution in [0.25, 0.3) is 6.08 Å². The summed E-state index contributed by atoms with van der Waals surface area (Å²) in [4.78, 5) is 8.15. The average molecular weight is 315 g/mol. The lowest BCUT2D eigenvalue weighted by Gasteiger charge is -2.25. The molecule has 0 bridgehead atoms. The van der Waals surface area contributed by atoms with Gasteiger partial charge in [0.15, 0.2) is 0 Å². The summed E-state index contributed by atoms with van der Waals surface area (Å²) < 4.78 is 26.3. The van der Waals surface area contributed by atoms with E-state index in [2.05, 4.69) is 9.97 Å². The van der Waals surface area contributed by atoms with E-state index in [-0.39, 0.29) is 0 Å². The molecule has 0 fully saturated rings. The fraction of sp³-hybridized carbons (Fsp3) is 0.250. The summed E-state index contributed by atoms with van der Waals surface area (Å²) in [5.74, 6) is 0. The van der Waals surface area contributed by atoms with Crippen LogP contribution in [0.15, 0.2) is 42.2 Å². The van der Waals surface area contributed by atoms with Crippen molar-refractivity contribution in [2.75, 3.05) is 6.54 Å². The van der Waals surface area contributed by atoms with Gasteiger partial charge in [-0.25, -0.2) is 18.4 Å². The highest BCUT2D eigenvalue weighted by Crippen LogP contribution is 2.19. The lowest BCUT2D eigenvalue weighted by atomic mass is 10.1. The normalized spacial score (nSPS) is 15.9. The van der Waals surface area contributed by atoms with Crippen LogP contribution >= 0.6 is 0 Å². The number of sulfonamides is 1. The van der Waals surface area contributed by atoms with Crippen molar-refractivity contribution >= 4 is 16.1 Å². The number of benzene rings is 1. The molecule has 0 spiro atoms. The third-order valence-electron chi connectivity index (χ3n) is 3.70. The summed E-state index contributed by atoms with van der Waals surface area (Å²) >= 11 is 0. The second-order valence-electron chi connectivity index (χ2n) is 5.34. The fourth-order valence-electron chi connectivity index (χ4n) is 2.39. The predicted molar refractivity (Wildman–Crippen MR) is 85.3 cm³/mol. The number of hydrogen-bond acceptors (Lipinski definition) is 4. The molecule has 2 heterocycles. The van der Waals surface area contributed by atoms with Gasteiger partial charge >= 0.3 is 0 Å². The highest BCUT2D eigenvalue weighted by molar-refractivity contribution is 7.92. The molecule has 0 aliphatic carbocycles. The van der Waals surface area contributed by atoms with Gasteiger partial charge in [-0.05, 0) is 18.6 Å². The molecule has 6 heteroatoms. The zero-order valence-corrected chi connectivity index (χ0v) is 13.1. The highest BCUT2D eigenvalue weighted by Gasteiger charge is 2.25. The van der Waals surface area contributed by atoms with Crippen LogP contribution in [0.5, 0.6) is 0 Å². The van der Waals surface area contributed by atoms with E-state index in [9.17, 15) is 8.42 Å². The Morgan fingerprint density at radius 2 is 2.00 bits per heavy atom. The van der Waals surface area contributed by atoms with Gasteiger partial charge in [0.2, 0.25) is 10.0 Å². The van der Waals surface area contributed by atoms with Crippen molar-refractivity contribution in [2.24, 2.45) is 0 Å². The monoisotopic (exact) mass is 315 g/mol. The van der Waals surface area contributed by atoms with Crippen LogP contribution in [0.1, 0.15) is 22.4 Å². The van der Waals surface area contributed by atoms with Crippen LogP contribution in [-0.4, -0.2) is 29.2 Å². The molecular weight excluding hydrogens is 298 g/mol. The van der Waals surface area contributed by atoms with Gasteiger partial charge in [0.25, 0.3) is 0 Å². The van der Waals surface area contributed by atoms with Gasteiger partial charge in [0, 0.05) is 42.4 Å². The smallest absolute Gasteiger partial charge is 0.236 e. The van der Waals surface area contributed by atoms with Crippen LogP contribution in [-0.2, 0) is 23.0 Å². The molecule has 22 heavy (non-hydrogen) atoms. The number of aryl methyl sites for hydroxylation is 1. The SMILES string of the molecule is Cc1ccc(/C=C/S(=O)(=O)N2CCc3ncncc3C2)cc1. The highest BCUT2D eigenvalue weighted by atomic mass is 32.2. The molecule has 1 aliphatic heterocycles. The molecule has 3 rings (SSSR count). The number of nitrogens with zero attached hydrogens (tertiary/aromatic N) is 3. The maximum Gasteiger partial charge on any atom is 0.236 e.